The molecule has 0 radical (unpaired) electrons. The van der Waals surface area contributed by atoms with Gasteiger partial charge in [-0.25, -0.2) is 9.18 Å². The molecule has 116 valence electrons. The predicted molar refractivity (Wildman–Crippen MR) is 76.7 cm³/mol. The first-order valence-electron chi connectivity index (χ1n) is 6.98. The highest BCUT2D eigenvalue weighted by Gasteiger charge is 2.42. The zero-order chi connectivity index (χ0) is 15.5. The van der Waals surface area contributed by atoms with Gasteiger partial charge in [0.1, 0.15) is 0 Å². The van der Waals surface area contributed by atoms with E-state index in [-0.39, 0.29) is 29.8 Å². The number of aliphatic hydroxyl groups excluding tert-OH is 1. The van der Waals surface area contributed by atoms with Crippen molar-refractivity contribution in [2.75, 3.05) is 20.3 Å². The van der Waals surface area contributed by atoms with E-state index in [2.05, 4.69) is 10.6 Å². The van der Waals surface area contributed by atoms with Crippen molar-refractivity contribution in [3.63, 3.8) is 0 Å². The first kappa shape index (κ1) is 15.6. The zero-order valence-corrected chi connectivity index (χ0v) is 12.3. The molecule has 21 heavy (non-hydrogen) atoms. The summed E-state index contributed by atoms with van der Waals surface area (Å²) in [6.45, 7) is 2.37. The van der Waals surface area contributed by atoms with E-state index in [1.165, 1.54) is 13.2 Å². The number of nitrogens with one attached hydrogen (secondary N) is 2. The lowest BCUT2D eigenvalue weighted by Crippen LogP contribution is -2.40. The lowest BCUT2D eigenvalue weighted by Gasteiger charge is -2.18. The minimum Gasteiger partial charge on any atom is -0.494 e. The number of carbonyl (C=O) groups is 1. The summed E-state index contributed by atoms with van der Waals surface area (Å²) in [4.78, 5) is 11.8. The first-order valence-corrected chi connectivity index (χ1v) is 6.98. The van der Waals surface area contributed by atoms with Gasteiger partial charge in [0, 0.05) is 12.0 Å². The average molecular weight is 296 g/mol. The van der Waals surface area contributed by atoms with Crippen molar-refractivity contribution in [2.24, 2.45) is 5.41 Å². The van der Waals surface area contributed by atoms with Crippen LogP contribution in [0.25, 0.3) is 0 Å². The minimum atomic E-state index is -0.434. The molecular weight excluding hydrogens is 275 g/mol. The summed E-state index contributed by atoms with van der Waals surface area (Å²) in [6.07, 6.45) is 1.88. The highest BCUT2D eigenvalue weighted by Crippen LogP contribution is 2.44. The third-order valence-corrected chi connectivity index (χ3v) is 3.94. The van der Waals surface area contributed by atoms with Gasteiger partial charge < -0.3 is 20.5 Å². The monoisotopic (exact) mass is 296 g/mol. The number of carbonyl (C=O) groups excluding carboxylic acids is 1. The normalized spacial score (nSPS) is 17.0. The molecule has 1 aliphatic rings. The minimum absolute atomic E-state index is 0.0952. The number of halogens is 1. The average Bonchev–Trinajstić information content (AvgIpc) is 3.26. The number of hydrogen-bond donors (Lipinski definition) is 3. The van der Waals surface area contributed by atoms with Gasteiger partial charge in [0.2, 0.25) is 0 Å². The number of ether oxygens (including phenoxy) is 1. The van der Waals surface area contributed by atoms with Crippen LogP contribution in [0.3, 0.4) is 0 Å². The highest BCUT2D eigenvalue weighted by molar-refractivity contribution is 5.74. The topological polar surface area (TPSA) is 70.6 Å². The number of aliphatic hydroxyl groups is 1. The highest BCUT2D eigenvalue weighted by atomic mass is 19.1. The Kier molecular flexibility index (Phi) is 4.67. The van der Waals surface area contributed by atoms with Crippen LogP contribution in [0.5, 0.6) is 5.75 Å². The fourth-order valence-electron chi connectivity index (χ4n) is 2.11. The molecule has 0 aliphatic heterocycles. The van der Waals surface area contributed by atoms with Crippen LogP contribution in [0, 0.1) is 11.2 Å². The largest absolute Gasteiger partial charge is 0.494 e. The molecule has 2 amide bonds. The van der Waals surface area contributed by atoms with Crippen molar-refractivity contribution in [1.29, 1.82) is 0 Å². The number of urea groups is 1. The van der Waals surface area contributed by atoms with Gasteiger partial charge in [-0.2, -0.15) is 0 Å². The summed E-state index contributed by atoms with van der Waals surface area (Å²) in [7, 11) is 1.40. The maximum absolute atomic E-state index is 13.3. The smallest absolute Gasteiger partial charge is 0.315 e. The van der Waals surface area contributed by atoms with Gasteiger partial charge in [-0.15, -0.1) is 0 Å². The van der Waals surface area contributed by atoms with Gasteiger partial charge in [-0.3, -0.25) is 0 Å². The quantitative estimate of drug-likeness (QED) is 0.751. The van der Waals surface area contributed by atoms with Crippen molar-refractivity contribution in [3.8, 4) is 5.75 Å². The van der Waals surface area contributed by atoms with Crippen LogP contribution in [0.1, 0.15) is 31.4 Å². The van der Waals surface area contributed by atoms with E-state index in [4.69, 9.17) is 4.74 Å². The molecule has 0 spiro atoms. The van der Waals surface area contributed by atoms with Gasteiger partial charge in [0.15, 0.2) is 11.6 Å². The van der Waals surface area contributed by atoms with Crippen molar-refractivity contribution >= 4 is 6.03 Å². The summed E-state index contributed by atoms with van der Waals surface area (Å²) in [6, 6.07) is 3.92. The number of amides is 2. The van der Waals surface area contributed by atoms with Gasteiger partial charge in [0.05, 0.1) is 19.8 Å². The van der Waals surface area contributed by atoms with E-state index in [9.17, 15) is 14.3 Å². The van der Waals surface area contributed by atoms with Crippen LogP contribution in [-0.2, 0) is 0 Å². The fraction of sp³-hybridized carbons (Fsp3) is 0.533. The van der Waals surface area contributed by atoms with Crippen LogP contribution >= 0.6 is 0 Å². The summed E-state index contributed by atoms with van der Waals surface area (Å²) in [5, 5.41) is 14.7. The summed E-state index contributed by atoms with van der Waals surface area (Å²) in [5.74, 6) is -0.282. The molecule has 1 atom stereocenters. The summed E-state index contributed by atoms with van der Waals surface area (Å²) in [5.41, 5.74) is 0.631. The molecule has 0 bridgehead atoms. The van der Waals surface area contributed by atoms with E-state index in [1.54, 1.807) is 12.1 Å². The zero-order valence-electron chi connectivity index (χ0n) is 12.3. The van der Waals surface area contributed by atoms with E-state index in [1.807, 2.05) is 6.92 Å². The summed E-state index contributed by atoms with van der Waals surface area (Å²) >= 11 is 0. The molecule has 3 N–H and O–H groups in total. The molecule has 2 rings (SSSR count). The number of benzene rings is 1. The van der Waals surface area contributed by atoms with Crippen molar-refractivity contribution in [3.05, 3.63) is 29.6 Å². The molecular formula is C15H21FN2O3. The number of rotatable bonds is 6. The molecule has 1 saturated carbocycles. The lowest BCUT2D eigenvalue weighted by atomic mass is 10.1. The Morgan fingerprint density at radius 3 is 2.81 bits per heavy atom. The molecule has 1 fully saturated rings. The van der Waals surface area contributed by atoms with E-state index in [0.29, 0.717) is 6.54 Å². The lowest BCUT2D eigenvalue weighted by molar-refractivity contribution is 0.202. The molecule has 1 unspecified atom stereocenters. The Morgan fingerprint density at radius 2 is 2.24 bits per heavy atom. The van der Waals surface area contributed by atoms with Crippen molar-refractivity contribution in [2.45, 2.75) is 25.8 Å². The van der Waals surface area contributed by atoms with Crippen LogP contribution in [-0.4, -0.2) is 31.4 Å². The predicted octanol–water partition coefficient (Wildman–Crippen LogP) is 1.97. The van der Waals surface area contributed by atoms with Gasteiger partial charge in [-0.1, -0.05) is 6.07 Å². The van der Waals surface area contributed by atoms with Gasteiger partial charge in [-0.05, 0) is 37.5 Å². The van der Waals surface area contributed by atoms with E-state index < -0.39 is 5.82 Å². The number of methoxy groups -OCH3 is 1. The van der Waals surface area contributed by atoms with Crippen LogP contribution in [0.4, 0.5) is 9.18 Å². The molecule has 6 heteroatoms. The SMILES string of the molecule is COc1cc(C(C)NC(=O)NCC2(CO)CC2)ccc1F. The first-order chi connectivity index (χ1) is 9.99. The third kappa shape index (κ3) is 3.85. The molecule has 1 aromatic carbocycles. The van der Waals surface area contributed by atoms with Gasteiger partial charge >= 0.3 is 6.03 Å². The standard InChI is InChI=1S/C15H21FN2O3/c1-10(11-3-4-12(16)13(7-11)21-2)18-14(20)17-8-15(9-19)5-6-15/h3-4,7,10,19H,5-6,8-9H2,1-2H3,(H2,17,18,20). The Hall–Kier alpha value is -1.82. The van der Waals surface area contributed by atoms with Crippen LogP contribution in [0.2, 0.25) is 0 Å². The third-order valence-electron chi connectivity index (χ3n) is 3.94. The number of hydrogen-bond acceptors (Lipinski definition) is 3. The van der Waals surface area contributed by atoms with E-state index in [0.717, 1.165) is 18.4 Å². The van der Waals surface area contributed by atoms with E-state index >= 15 is 0 Å². The Bertz CT molecular complexity index is 518. The maximum Gasteiger partial charge on any atom is 0.315 e. The Balaban J connectivity index is 1.88. The van der Waals surface area contributed by atoms with Crippen LogP contribution in [0.15, 0.2) is 18.2 Å². The second-order valence-electron chi connectivity index (χ2n) is 5.60. The molecule has 0 heterocycles. The second-order valence-corrected chi connectivity index (χ2v) is 5.60. The molecule has 0 aromatic heterocycles. The summed E-state index contributed by atoms with van der Waals surface area (Å²) < 4.78 is 18.3. The fourth-order valence-corrected chi connectivity index (χ4v) is 2.11. The van der Waals surface area contributed by atoms with Gasteiger partial charge in [0.25, 0.3) is 0 Å². The Labute approximate surface area is 123 Å². The molecule has 1 aromatic rings. The maximum atomic E-state index is 13.3. The Morgan fingerprint density at radius 1 is 1.52 bits per heavy atom. The molecule has 1 aliphatic carbocycles. The van der Waals surface area contributed by atoms with Crippen molar-refractivity contribution < 1.29 is 19.0 Å². The van der Waals surface area contributed by atoms with Crippen molar-refractivity contribution in [1.82, 2.24) is 10.6 Å². The van der Waals surface area contributed by atoms with Crippen LogP contribution < -0.4 is 15.4 Å². The molecule has 0 saturated heterocycles. The second kappa shape index (κ2) is 6.30. The molecule has 5 nitrogen and oxygen atoms in total.